The molecule has 0 spiro atoms. The minimum absolute atomic E-state index is 0.754. The topological polar surface area (TPSA) is 61.1 Å². The molecule has 3 rings (SSSR count). The average molecular weight is 345 g/mol. The Morgan fingerprint density at radius 1 is 0.591 bits per heavy atom. The van der Waals surface area contributed by atoms with Crippen LogP contribution in [0.2, 0.25) is 0 Å². The number of thiocarbonyl (C=S) groups is 2. The predicted octanol–water partition coefficient (Wildman–Crippen LogP) is -2.09. The zero-order valence-electron chi connectivity index (χ0n) is 12.7. The molecule has 3 fully saturated rings. The van der Waals surface area contributed by atoms with Gasteiger partial charge in [0.25, 0.3) is 0 Å². The fourth-order valence-electron chi connectivity index (χ4n) is 2.81. The van der Waals surface area contributed by atoms with Gasteiger partial charge in [0.15, 0.2) is 10.2 Å². The summed E-state index contributed by atoms with van der Waals surface area (Å²) in [6.45, 7) is 9.71. The molecule has 0 radical (unpaired) electrons. The Labute approximate surface area is 142 Å². The third-order valence-corrected chi connectivity index (χ3v) is 4.70. The largest absolute Gasteiger partial charge is 0.350 e. The molecule has 3 heterocycles. The first kappa shape index (κ1) is 16.1. The number of hydrogen-bond donors (Lipinski definition) is 4. The molecule has 0 aliphatic carbocycles. The molecule has 0 bridgehead atoms. The van der Waals surface area contributed by atoms with Crippen LogP contribution in [0.25, 0.3) is 0 Å². The molecule has 22 heavy (non-hydrogen) atoms. The zero-order chi connectivity index (χ0) is 15.4. The van der Waals surface area contributed by atoms with Crippen LogP contribution in [0.3, 0.4) is 0 Å². The zero-order valence-corrected chi connectivity index (χ0v) is 14.3. The second-order valence-electron chi connectivity index (χ2n) is 5.86. The molecule has 124 valence electrons. The molecule has 0 saturated carbocycles. The van der Waals surface area contributed by atoms with Crippen LogP contribution in [0.15, 0.2) is 0 Å². The SMILES string of the molecule is S=C1NCN(CN2CCN(CN3CNC(=S)NC3)CC2)CN1. The van der Waals surface area contributed by atoms with E-state index in [9.17, 15) is 0 Å². The van der Waals surface area contributed by atoms with Gasteiger partial charge in [0, 0.05) is 26.2 Å². The van der Waals surface area contributed by atoms with Gasteiger partial charge in [-0.05, 0) is 24.4 Å². The highest BCUT2D eigenvalue weighted by Gasteiger charge is 2.22. The van der Waals surface area contributed by atoms with E-state index in [1.165, 1.54) is 0 Å². The fourth-order valence-corrected chi connectivity index (χ4v) is 3.07. The first-order valence-electron chi connectivity index (χ1n) is 7.62. The van der Waals surface area contributed by atoms with E-state index in [-0.39, 0.29) is 0 Å². The molecule has 0 amide bonds. The molecule has 0 aromatic carbocycles. The Morgan fingerprint density at radius 2 is 0.909 bits per heavy atom. The van der Waals surface area contributed by atoms with E-state index in [0.717, 1.165) is 76.4 Å². The van der Waals surface area contributed by atoms with E-state index >= 15 is 0 Å². The second kappa shape index (κ2) is 7.66. The third kappa shape index (κ3) is 4.61. The fraction of sp³-hybridized carbons (Fsp3) is 0.833. The summed E-state index contributed by atoms with van der Waals surface area (Å²) in [6.07, 6.45) is 0. The van der Waals surface area contributed by atoms with E-state index in [1.807, 2.05) is 0 Å². The Kier molecular flexibility index (Phi) is 5.61. The molecule has 8 nitrogen and oxygen atoms in total. The van der Waals surface area contributed by atoms with E-state index < -0.39 is 0 Å². The molecule has 3 aliphatic rings. The van der Waals surface area contributed by atoms with Crippen molar-refractivity contribution in [3.63, 3.8) is 0 Å². The van der Waals surface area contributed by atoms with Crippen molar-refractivity contribution in [1.29, 1.82) is 0 Å². The van der Waals surface area contributed by atoms with Gasteiger partial charge in [0.05, 0.1) is 40.0 Å². The summed E-state index contributed by atoms with van der Waals surface area (Å²) in [4.78, 5) is 9.64. The molecule has 3 aliphatic heterocycles. The lowest BCUT2D eigenvalue weighted by Gasteiger charge is -2.41. The number of rotatable bonds is 4. The van der Waals surface area contributed by atoms with Crippen LogP contribution in [0.4, 0.5) is 0 Å². The lowest BCUT2D eigenvalue weighted by Crippen LogP contribution is -2.60. The van der Waals surface area contributed by atoms with Gasteiger partial charge in [0.2, 0.25) is 0 Å². The Bertz CT molecular complexity index is 354. The number of nitrogens with one attached hydrogen (secondary N) is 4. The summed E-state index contributed by atoms with van der Waals surface area (Å²) >= 11 is 10.1. The van der Waals surface area contributed by atoms with Crippen LogP contribution >= 0.6 is 24.4 Å². The number of hydrogen-bond acceptors (Lipinski definition) is 6. The molecule has 0 aromatic rings. The van der Waals surface area contributed by atoms with E-state index in [1.54, 1.807) is 0 Å². The van der Waals surface area contributed by atoms with E-state index in [4.69, 9.17) is 24.4 Å². The van der Waals surface area contributed by atoms with Gasteiger partial charge in [-0.2, -0.15) is 0 Å². The molecule has 10 heteroatoms. The van der Waals surface area contributed by atoms with Crippen molar-refractivity contribution in [2.24, 2.45) is 0 Å². The van der Waals surface area contributed by atoms with Crippen molar-refractivity contribution in [1.82, 2.24) is 40.9 Å². The van der Waals surface area contributed by atoms with Crippen LogP contribution < -0.4 is 21.3 Å². The minimum Gasteiger partial charge on any atom is -0.350 e. The van der Waals surface area contributed by atoms with Crippen molar-refractivity contribution < 1.29 is 0 Å². The quantitative estimate of drug-likeness (QED) is 0.427. The predicted molar refractivity (Wildman–Crippen MR) is 93.8 cm³/mol. The Morgan fingerprint density at radius 3 is 1.23 bits per heavy atom. The normalized spacial score (nSPS) is 26.0. The second-order valence-corrected chi connectivity index (χ2v) is 6.67. The monoisotopic (exact) mass is 344 g/mol. The maximum absolute atomic E-state index is 5.07. The summed E-state index contributed by atoms with van der Waals surface area (Å²) in [5, 5.41) is 14.2. The average Bonchev–Trinajstić information content (AvgIpc) is 2.54. The Hall–Kier alpha value is -0.780. The summed E-state index contributed by atoms with van der Waals surface area (Å²) in [5.74, 6) is 0. The molecule has 4 N–H and O–H groups in total. The molecule has 0 atom stereocenters. The van der Waals surface area contributed by atoms with Crippen molar-refractivity contribution >= 4 is 34.7 Å². The standard InChI is InChI=1S/C12H24N8S2/c21-11-13-5-19(6-14-11)9-17-1-2-18(4-3-17)10-20-7-15-12(22)16-8-20/h1-10H2,(H2,13,14,21)(H2,15,16,22). The van der Waals surface area contributed by atoms with Crippen LogP contribution in [0.1, 0.15) is 0 Å². The van der Waals surface area contributed by atoms with Crippen molar-refractivity contribution in [3.05, 3.63) is 0 Å². The summed E-state index contributed by atoms with van der Waals surface area (Å²) in [6, 6.07) is 0. The van der Waals surface area contributed by atoms with Crippen LogP contribution in [-0.2, 0) is 0 Å². The smallest absolute Gasteiger partial charge is 0.168 e. The minimum atomic E-state index is 0.754. The summed E-state index contributed by atoms with van der Waals surface area (Å²) < 4.78 is 0. The molecule has 0 aromatic heterocycles. The highest BCUT2D eigenvalue weighted by molar-refractivity contribution is 7.80. The van der Waals surface area contributed by atoms with Gasteiger partial charge in [-0.15, -0.1) is 0 Å². The maximum atomic E-state index is 5.07. The molecule has 3 saturated heterocycles. The highest BCUT2D eigenvalue weighted by Crippen LogP contribution is 2.05. The van der Waals surface area contributed by atoms with Crippen LogP contribution in [0.5, 0.6) is 0 Å². The summed E-state index contributed by atoms with van der Waals surface area (Å²) in [7, 11) is 0. The molecular weight excluding hydrogens is 320 g/mol. The van der Waals surface area contributed by atoms with Crippen molar-refractivity contribution in [2.45, 2.75) is 0 Å². The first-order chi connectivity index (χ1) is 10.7. The van der Waals surface area contributed by atoms with Crippen molar-refractivity contribution in [3.8, 4) is 0 Å². The van der Waals surface area contributed by atoms with Gasteiger partial charge >= 0.3 is 0 Å². The lowest BCUT2D eigenvalue weighted by atomic mass is 10.3. The van der Waals surface area contributed by atoms with Crippen LogP contribution in [-0.4, -0.2) is 96.0 Å². The third-order valence-electron chi connectivity index (χ3n) is 4.12. The van der Waals surface area contributed by atoms with E-state index in [2.05, 4.69) is 40.9 Å². The summed E-state index contributed by atoms with van der Waals surface area (Å²) in [5.41, 5.74) is 0. The van der Waals surface area contributed by atoms with Gasteiger partial charge in [-0.1, -0.05) is 0 Å². The highest BCUT2D eigenvalue weighted by atomic mass is 32.1. The van der Waals surface area contributed by atoms with Gasteiger partial charge in [-0.25, -0.2) is 0 Å². The first-order valence-corrected chi connectivity index (χ1v) is 8.43. The Balaban J connectivity index is 1.34. The molecule has 0 unspecified atom stereocenters. The van der Waals surface area contributed by atoms with Gasteiger partial charge in [-0.3, -0.25) is 19.6 Å². The van der Waals surface area contributed by atoms with Crippen molar-refractivity contribution in [2.75, 3.05) is 66.2 Å². The van der Waals surface area contributed by atoms with E-state index in [0.29, 0.717) is 0 Å². The lowest BCUT2D eigenvalue weighted by molar-refractivity contribution is 0.0369. The van der Waals surface area contributed by atoms with Crippen LogP contribution in [0, 0.1) is 0 Å². The number of piperazine rings is 1. The maximum Gasteiger partial charge on any atom is 0.168 e. The molecular formula is C12H24N8S2. The number of nitrogens with zero attached hydrogens (tertiary/aromatic N) is 4. The van der Waals surface area contributed by atoms with Gasteiger partial charge in [0.1, 0.15) is 0 Å². The van der Waals surface area contributed by atoms with Gasteiger partial charge < -0.3 is 21.3 Å².